The molecule has 0 amide bonds. The smallest absolute Gasteiger partial charge is 0.156 e. The highest BCUT2D eigenvalue weighted by Gasteiger charge is 2.19. The van der Waals surface area contributed by atoms with Crippen LogP contribution < -0.4 is 0 Å². The molecule has 0 saturated heterocycles. The first kappa shape index (κ1) is 23.4. The summed E-state index contributed by atoms with van der Waals surface area (Å²) in [6, 6.07) is 42.1. The molecule has 4 heterocycles. The quantitative estimate of drug-likeness (QED) is 0.197. The Morgan fingerprint density at radius 2 is 0.614 bits per heavy atom. The molecule has 0 aliphatic carbocycles. The molecule has 10 rings (SSSR count). The van der Waals surface area contributed by atoms with E-state index in [9.17, 15) is 0 Å². The van der Waals surface area contributed by atoms with Crippen LogP contribution in [-0.2, 0) is 0 Å². The summed E-state index contributed by atoms with van der Waals surface area (Å²) in [5, 5.41) is 6.76. The Kier molecular flexibility index (Phi) is 4.63. The van der Waals surface area contributed by atoms with Crippen LogP contribution in [0.15, 0.2) is 134 Å². The van der Waals surface area contributed by atoms with Crippen LogP contribution in [0.25, 0.3) is 88.1 Å². The first-order valence-corrected chi connectivity index (χ1v) is 14.7. The number of hydrogen-bond acceptors (Lipinski definition) is 4. The third-order valence-electron chi connectivity index (χ3n) is 8.80. The molecule has 0 bridgehead atoms. The SMILES string of the molecule is c1ccc2c(c1)c1nc(-n3c4ccccc4c4ccccc43)cnc1c1ncc(-n3c4ccccc4c4ccccc43)nc21. The second kappa shape index (κ2) is 8.69. The van der Waals surface area contributed by atoms with Crippen LogP contribution in [0.5, 0.6) is 0 Å². The van der Waals surface area contributed by atoms with E-state index in [0.717, 1.165) is 66.5 Å². The molecular formula is C38H22N6. The number of fused-ring (bicyclic) bond motifs is 12. The van der Waals surface area contributed by atoms with E-state index in [1.165, 1.54) is 21.5 Å². The molecular weight excluding hydrogens is 540 g/mol. The zero-order valence-electron chi connectivity index (χ0n) is 23.4. The number of rotatable bonds is 2. The Hall–Kier alpha value is -6.14. The van der Waals surface area contributed by atoms with E-state index in [-0.39, 0.29) is 0 Å². The van der Waals surface area contributed by atoms with Crippen LogP contribution in [0.2, 0.25) is 0 Å². The number of benzene rings is 6. The fourth-order valence-electron chi connectivity index (χ4n) is 6.93. The van der Waals surface area contributed by atoms with Crippen molar-refractivity contribution < 1.29 is 0 Å². The van der Waals surface area contributed by atoms with Gasteiger partial charge in [-0.3, -0.25) is 9.13 Å². The molecule has 0 atom stereocenters. The summed E-state index contributed by atoms with van der Waals surface area (Å²) < 4.78 is 4.40. The minimum absolute atomic E-state index is 0.740. The monoisotopic (exact) mass is 562 g/mol. The van der Waals surface area contributed by atoms with Crippen LogP contribution in [0.3, 0.4) is 0 Å². The molecule has 0 fully saturated rings. The number of hydrogen-bond donors (Lipinski definition) is 0. The average Bonchev–Trinajstić information content (AvgIpc) is 3.61. The van der Waals surface area contributed by atoms with Crippen molar-refractivity contribution in [3.8, 4) is 11.6 Å². The van der Waals surface area contributed by atoms with Crippen molar-refractivity contribution in [1.29, 1.82) is 0 Å². The third kappa shape index (κ3) is 3.08. The molecule has 0 saturated carbocycles. The van der Waals surface area contributed by atoms with Gasteiger partial charge in [-0.25, -0.2) is 19.9 Å². The summed E-state index contributed by atoms with van der Waals surface area (Å²) in [5.41, 5.74) is 7.50. The third-order valence-corrected chi connectivity index (χ3v) is 8.80. The Morgan fingerprint density at radius 3 is 0.955 bits per heavy atom. The average molecular weight is 563 g/mol. The maximum absolute atomic E-state index is 5.28. The highest BCUT2D eigenvalue weighted by Crippen LogP contribution is 2.36. The molecule has 6 nitrogen and oxygen atoms in total. The Labute approximate surface area is 250 Å². The van der Waals surface area contributed by atoms with E-state index in [1.807, 2.05) is 24.5 Å². The number of nitrogens with zero attached hydrogens (tertiary/aromatic N) is 6. The molecule has 0 spiro atoms. The van der Waals surface area contributed by atoms with Crippen molar-refractivity contribution in [1.82, 2.24) is 29.1 Å². The van der Waals surface area contributed by atoms with Crippen molar-refractivity contribution in [2.45, 2.75) is 0 Å². The second-order valence-electron chi connectivity index (χ2n) is 11.1. The minimum Gasteiger partial charge on any atom is -0.292 e. The van der Waals surface area contributed by atoms with Crippen LogP contribution >= 0.6 is 0 Å². The van der Waals surface area contributed by atoms with Crippen molar-refractivity contribution in [3.05, 3.63) is 134 Å². The normalized spacial score (nSPS) is 12.1. The maximum Gasteiger partial charge on any atom is 0.156 e. The maximum atomic E-state index is 5.28. The lowest BCUT2D eigenvalue weighted by molar-refractivity contribution is 1.07. The predicted molar refractivity (Wildman–Crippen MR) is 179 cm³/mol. The lowest BCUT2D eigenvalue weighted by Gasteiger charge is -2.13. The van der Waals surface area contributed by atoms with E-state index in [1.54, 1.807) is 0 Å². The molecule has 44 heavy (non-hydrogen) atoms. The second-order valence-corrected chi connectivity index (χ2v) is 11.1. The van der Waals surface area contributed by atoms with Gasteiger partial charge >= 0.3 is 0 Å². The highest BCUT2D eigenvalue weighted by molar-refractivity contribution is 6.21. The first-order valence-electron chi connectivity index (χ1n) is 14.7. The predicted octanol–water partition coefficient (Wildman–Crippen LogP) is 8.92. The standard InChI is InChI=1S/C38H22N6/c1-2-16-28-27(15-1)35-37(39-21-33(41-35)43-29-17-7-3-11-23(29)24-12-4-8-18-30(24)43)38-36(28)42-34(22-40-38)44-31-19-9-5-13-25(31)26-14-6-10-20-32(26)44/h1-22H. The lowest BCUT2D eigenvalue weighted by Crippen LogP contribution is -2.03. The summed E-state index contributed by atoms with van der Waals surface area (Å²) in [6.45, 7) is 0. The molecule has 0 N–H and O–H groups in total. The summed E-state index contributed by atoms with van der Waals surface area (Å²) in [4.78, 5) is 20.6. The van der Waals surface area contributed by atoms with Gasteiger partial charge in [0.25, 0.3) is 0 Å². The van der Waals surface area contributed by atoms with Gasteiger partial charge in [0.05, 0.1) is 34.5 Å². The molecule has 10 aromatic rings. The molecule has 0 aliphatic rings. The van der Waals surface area contributed by atoms with Gasteiger partial charge in [-0.1, -0.05) is 97.1 Å². The molecule has 6 aromatic carbocycles. The zero-order valence-corrected chi connectivity index (χ0v) is 23.4. The van der Waals surface area contributed by atoms with Crippen molar-refractivity contribution in [3.63, 3.8) is 0 Å². The van der Waals surface area contributed by atoms with Gasteiger partial charge in [0.15, 0.2) is 11.6 Å². The molecule has 0 aliphatic heterocycles. The topological polar surface area (TPSA) is 61.4 Å². The van der Waals surface area contributed by atoms with Crippen LogP contribution in [-0.4, -0.2) is 29.1 Å². The fourth-order valence-corrected chi connectivity index (χ4v) is 6.93. The van der Waals surface area contributed by atoms with E-state index in [0.29, 0.717) is 0 Å². The number of para-hydroxylation sites is 4. The molecule has 4 aromatic heterocycles. The van der Waals surface area contributed by atoms with E-state index in [2.05, 4.69) is 118 Å². The van der Waals surface area contributed by atoms with E-state index in [4.69, 9.17) is 19.9 Å². The highest BCUT2D eigenvalue weighted by atomic mass is 15.1. The summed E-state index contributed by atoms with van der Waals surface area (Å²) in [6.07, 6.45) is 3.72. The lowest BCUT2D eigenvalue weighted by atomic mass is 10.1. The minimum atomic E-state index is 0.740. The summed E-state index contributed by atoms with van der Waals surface area (Å²) in [5.74, 6) is 1.54. The van der Waals surface area contributed by atoms with E-state index >= 15 is 0 Å². The Balaban J connectivity index is 1.27. The summed E-state index contributed by atoms with van der Waals surface area (Å²) >= 11 is 0. The zero-order chi connectivity index (χ0) is 28.8. The van der Waals surface area contributed by atoms with Crippen LogP contribution in [0.1, 0.15) is 0 Å². The first-order chi connectivity index (χ1) is 21.8. The van der Waals surface area contributed by atoms with Gasteiger partial charge < -0.3 is 0 Å². The van der Waals surface area contributed by atoms with Crippen molar-refractivity contribution in [2.24, 2.45) is 0 Å². The largest absolute Gasteiger partial charge is 0.292 e. The molecule has 0 unspecified atom stereocenters. The summed E-state index contributed by atoms with van der Waals surface area (Å²) in [7, 11) is 0. The Bertz CT molecular complexity index is 2470. The molecule has 6 heteroatoms. The molecule has 204 valence electrons. The molecule has 0 radical (unpaired) electrons. The van der Waals surface area contributed by atoms with Crippen LogP contribution in [0, 0.1) is 0 Å². The van der Waals surface area contributed by atoms with Crippen molar-refractivity contribution in [2.75, 3.05) is 0 Å². The van der Waals surface area contributed by atoms with Gasteiger partial charge in [-0.2, -0.15) is 0 Å². The van der Waals surface area contributed by atoms with Gasteiger partial charge in [0.2, 0.25) is 0 Å². The van der Waals surface area contributed by atoms with Gasteiger partial charge in [0, 0.05) is 32.3 Å². The van der Waals surface area contributed by atoms with Gasteiger partial charge in [-0.15, -0.1) is 0 Å². The van der Waals surface area contributed by atoms with Gasteiger partial charge in [0.1, 0.15) is 22.1 Å². The van der Waals surface area contributed by atoms with Crippen molar-refractivity contribution >= 4 is 76.5 Å². The number of aromatic nitrogens is 6. The van der Waals surface area contributed by atoms with Gasteiger partial charge in [-0.05, 0) is 24.3 Å². The Morgan fingerprint density at radius 1 is 0.318 bits per heavy atom. The fraction of sp³-hybridized carbons (Fsp3) is 0. The van der Waals surface area contributed by atoms with Crippen LogP contribution in [0.4, 0.5) is 0 Å². The van der Waals surface area contributed by atoms with E-state index < -0.39 is 0 Å².